The van der Waals surface area contributed by atoms with Crippen molar-refractivity contribution >= 4 is 27.7 Å². The normalized spacial score (nSPS) is 9.36. The summed E-state index contributed by atoms with van der Waals surface area (Å²) in [6.45, 7) is 0. The molecule has 0 saturated carbocycles. The van der Waals surface area contributed by atoms with Gasteiger partial charge in [-0.3, -0.25) is 10.3 Å². The Morgan fingerprint density at radius 3 is 2.79 bits per heavy atom. The van der Waals surface area contributed by atoms with Gasteiger partial charge in [0, 0.05) is 6.20 Å². The molecule has 14 heavy (non-hydrogen) atoms. The zero-order valence-electron chi connectivity index (χ0n) is 7.70. The van der Waals surface area contributed by atoms with Crippen LogP contribution in [0.5, 0.6) is 5.75 Å². The number of ether oxygens (including phenoxy) is 2. The summed E-state index contributed by atoms with van der Waals surface area (Å²) in [6, 6.07) is 0. The molecule has 1 heterocycles. The summed E-state index contributed by atoms with van der Waals surface area (Å²) in [6.07, 6.45) is 2.49. The fourth-order valence-electron chi connectivity index (χ4n) is 0.846. The van der Waals surface area contributed by atoms with Crippen LogP contribution in [0, 0.1) is 0 Å². The Balaban J connectivity index is 2.98. The minimum atomic E-state index is -0.560. The molecule has 0 saturated heterocycles. The molecule has 1 amide bonds. The van der Waals surface area contributed by atoms with E-state index in [-0.39, 0.29) is 0 Å². The van der Waals surface area contributed by atoms with E-state index < -0.39 is 6.09 Å². The molecule has 5 nitrogen and oxygen atoms in total. The summed E-state index contributed by atoms with van der Waals surface area (Å²) in [5.41, 5.74) is 0.495. The topological polar surface area (TPSA) is 60.5 Å². The van der Waals surface area contributed by atoms with Crippen LogP contribution >= 0.6 is 15.9 Å². The van der Waals surface area contributed by atoms with Crippen molar-refractivity contribution in [3.05, 3.63) is 16.9 Å². The smallest absolute Gasteiger partial charge is 0.411 e. The van der Waals surface area contributed by atoms with Gasteiger partial charge in [0.05, 0.1) is 24.9 Å². The molecular formula is C8H9BrN2O3. The Morgan fingerprint density at radius 2 is 2.21 bits per heavy atom. The Hall–Kier alpha value is -1.30. The summed E-state index contributed by atoms with van der Waals surface area (Å²) < 4.78 is 10.1. The Bertz CT molecular complexity index is 343. The summed E-state index contributed by atoms with van der Waals surface area (Å²) in [5, 5.41) is 2.51. The van der Waals surface area contributed by atoms with Crippen molar-refractivity contribution in [3.63, 3.8) is 0 Å². The molecule has 0 atom stereocenters. The number of carbonyl (C=O) groups is 1. The number of amides is 1. The molecule has 1 N–H and O–H groups in total. The zero-order chi connectivity index (χ0) is 10.6. The average Bonchev–Trinajstić information content (AvgIpc) is 2.20. The first-order valence-electron chi connectivity index (χ1n) is 3.71. The lowest BCUT2D eigenvalue weighted by molar-refractivity contribution is 0.186. The molecule has 0 aliphatic carbocycles. The number of anilines is 1. The van der Waals surface area contributed by atoms with Gasteiger partial charge in [0.25, 0.3) is 0 Å². The highest BCUT2D eigenvalue weighted by Gasteiger charge is 2.10. The summed E-state index contributed by atoms with van der Waals surface area (Å²) in [7, 11) is 2.78. The third kappa shape index (κ3) is 2.35. The van der Waals surface area contributed by atoms with Gasteiger partial charge in [-0.05, 0) is 15.9 Å². The highest BCUT2D eigenvalue weighted by molar-refractivity contribution is 9.10. The molecule has 6 heteroatoms. The number of halogens is 1. The fourth-order valence-corrected chi connectivity index (χ4v) is 1.26. The number of hydrogen-bond acceptors (Lipinski definition) is 4. The third-order valence-corrected chi connectivity index (χ3v) is 2.10. The maximum Gasteiger partial charge on any atom is 0.411 e. The van der Waals surface area contributed by atoms with Crippen molar-refractivity contribution in [2.75, 3.05) is 19.5 Å². The number of pyridine rings is 1. The van der Waals surface area contributed by atoms with Gasteiger partial charge in [-0.25, -0.2) is 4.79 Å². The first kappa shape index (κ1) is 10.8. The number of carbonyl (C=O) groups excluding carboxylic acids is 1. The van der Waals surface area contributed by atoms with Crippen molar-refractivity contribution in [2.45, 2.75) is 0 Å². The van der Waals surface area contributed by atoms with Crippen LogP contribution < -0.4 is 10.1 Å². The van der Waals surface area contributed by atoms with Gasteiger partial charge < -0.3 is 9.47 Å². The summed E-state index contributed by atoms with van der Waals surface area (Å²) >= 11 is 3.23. The second-order valence-electron chi connectivity index (χ2n) is 2.32. The molecule has 0 fully saturated rings. The van der Waals surface area contributed by atoms with E-state index in [1.54, 1.807) is 6.20 Å². The lowest BCUT2D eigenvalue weighted by Crippen LogP contribution is -2.12. The standard InChI is InChI=1S/C8H9BrN2O3/c1-13-6-4-10-3-5(9)7(6)11-8(12)14-2/h3-4H,1-2H3,(H,10,11,12). The molecule has 0 aliphatic heterocycles. The van der Waals surface area contributed by atoms with Gasteiger partial charge >= 0.3 is 6.09 Å². The van der Waals surface area contributed by atoms with Crippen LogP contribution in [0.25, 0.3) is 0 Å². The van der Waals surface area contributed by atoms with E-state index in [1.165, 1.54) is 20.4 Å². The minimum absolute atomic E-state index is 0.463. The van der Waals surface area contributed by atoms with E-state index >= 15 is 0 Å². The van der Waals surface area contributed by atoms with Gasteiger partial charge in [-0.15, -0.1) is 0 Å². The molecule has 0 radical (unpaired) electrons. The predicted molar refractivity (Wildman–Crippen MR) is 54.5 cm³/mol. The highest BCUT2D eigenvalue weighted by Crippen LogP contribution is 2.30. The quantitative estimate of drug-likeness (QED) is 0.884. The van der Waals surface area contributed by atoms with Gasteiger partial charge in [-0.1, -0.05) is 0 Å². The molecule has 0 spiro atoms. The fraction of sp³-hybridized carbons (Fsp3) is 0.250. The second-order valence-corrected chi connectivity index (χ2v) is 3.17. The monoisotopic (exact) mass is 260 g/mol. The number of hydrogen-bond donors (Lipinski definition) is 1. The number of nitrogens with zero attached hydrogens (tertiary/aromatic N) is 1. The SMILES string of the molecule is COC(=O)Nc1c(Br)cncc1OC. The summed E-state index contributed by atoms with van der Waals surface area (Å²) in [5.74, 6) is 0.463. The highest BCUT2D eigenvalue weighted by atomic mass is 79.9. The Kier molecular flexibility index (Phi) is 3.70. The van der Waals surface area contributed by atoms with Gasteiger partial charge in [-0.2, -0.15) is 0 Å². The van der Waals surface area contributed by atoms with Crippen LogP contribution in [0.3, 0.4) is 0 Å². The molecule has 0 aromatic carbocycles. The summed E-state index contributed by atoms with van der Waals surface area (Å²) in [4.78, 5) is 14.9. The molecular weight excluding hydrogens is 252 g/mol. The predicted octanol–water partition coefficient (Wildman–Crippen LogP) is 2.03. The molecule has 0 unspecified atom stereocenters. The molecule has 1 aromatic heterocycles. The van der Waals surface area contributed by atoms with Crippen molar-refractivity contribution in [3.8, 4) is 5.75 Å². The van der Waals surface area contributed by atoms with Crippen LogP contribution in [0.4, 0.5) is 10.5 Å². The van der Waals surface area contributed by atoms with E-state index in [9.17, 15) is 4.79 Å². The van der Waals surface area contributed by atoms with Crippen molar-refractivity contribution < 1.29 is 14.3 Å². The number of methoxy groups -OCH3 is 2. The van der Waals surface area contributed by atoms with Crippen molar-refractivity contribution in [2.24, 2.45) is 0 Å². The maximum absolute atomic E-state index is 11.0. The minimum Gasteiger partial charge on any atom is -0.493 e. The van der Waals surface area contributed by atoms with Crippen LogP contribution in [0.1, 0.15) is 0 Å². The second kappa shape index (κ2) is 4.80. The third-order valence-electron chi connectivity index (χ3n) is 1.50. The first-order valence-corrected chi connectivity index (χ1v) is 4.50. The van der Waals surface area contributed by atoms with E-state index in [2.05, 4.69) is 31.0 Å². The molecule has 1 rings (SSSR count). The van der Waals surface area contributed by atoms with E-state index in [0.717, 1.165) is 0 Å². The van der Waals surface area contributed by atoms with E-state index in [1.807, 2.05) is 0 Å². The van der Waals surface area contributed by atoms with Crippen LogP contribution in [-0.2, 0) is 4.74 Å². The van der Waals surface area contributed by atoms with Gasteiger partial charge in [0.15, 0.2) is 5.75 Å². The first-order chi connectivity index (χ1) is 6.69. The van der Waals surface area contributed by atoms with E-state index in [0.29, 0.717) is 15.9 Å². The molecule has 76 valence electrons. The Labute approximate surface area is 89.6 Å². The van der Waals surface area contributed by atoms with Gasteiger partial charge in [0.2, 0.25) is 0 Å². The van der Waals surface area contributed by atoms with Crippen molar-refractivity contribution in [1.29, 1.82) is 0 Å². The van der Waals surface area contributed by atoms with Gasteiger partial charge in [0.1, 0.15) is 5.69 Å². The Morgan fingerprint density at radius 1 is 1.50 bits per heavy atom. The average molecular weight is 261 g/mol. The largest absolute Gasteiger partial charge is 0.493 e. The van der Waals surface area contributed by atoms with Crippen LogP contribution in [-0.4, -0.2) is 25.3 Å². The zero-order valence-corrected chi connectivity index (χ0v) is 9.29. The van der Waals surface area contributed by atoms with Crippen LogP contribution in [0.2, 0.25) is 0 Å². The number of rotatable bonds is 2. The number of aromatic nitrogens is 1. The lowest BCUT2D eigenvalue weighted by atomic mass is 10.4. The van der Waals surface area contributed by atoms with Crippen LogP contribution in [0.15, 0.2) is 16.9 Å². The lowest BCUT2D eigenvalue weighted by Gasteiger charge is -2.09. The van der Waals surface area contributed by atoms with Crippen molar-refractivity contribution in [1.82, 2.24) is 4.98 Å². The maximum atomic E-state index is 11.0. The molecule has 0 aliphatic rings. The number of nitrogens with one attached hydrogen (secondary N) is 1. The van der Waals surface area contributed by atoms with E-state index in [4.69, 9.17) is 4.74 Å². The molecule has 0 bridgehead atoms. The molecule has 1 aromatic rings.